The summed E-state index contributed by atoms with van der Waals surface area (Å²) in [5.74, 6) is 0.995. The summed E-state index contributed by atoms with van der Waals surface area (Å²) in [4.78, 5) is 0. The summed E-state index contributed by atoms with van der Waals surface area (Å²) in [5, 5.41) is 6.01. The number of ether oxygens (including phenoxy) is 2. The van der Waals surface area contributed by atoms with E-state index in [1.165, 1.54) is 16.3 Å². The van der Waals surface area contributed by atoms with E-state index in [4.69, 9.17) is 9.47 Å². The molecular weight excluding hydrogens is 262 g/mol. The number of fused-ring (bicyclic) bond motifs is 1. The summed E-state index contributed by atoms with van der Waals surface area (Å²) in [5.41, 5.74) is 1.25. The van der Waals surface area contributed by atoms with Crippen molar-refractivity contribution in [3.05, 3.63) is 42.0 Å². The van der Waals surface area contributed by atoms with Crippen LogP contribution in [0.1, 0.15) is 25.3 Å². The smallest absolute Gasteiger partial charge is 0.124 e. The number of rotatable bonds is 9. The monoisotopic (exact) mass is 287 g/mol. The van der Waals surface area contributed by atoms with Crippen molar-refractivity contribution in [1.82, 2.24) is 5.32 Å². The second-order valence-electron chi connectivity index (χ2n) is 5.13. The lowest BCUT2D eigenvalue weighted by Gasteiger charge is -2.14. The van der Waals surface area contributed by atoms with Crippen LogP contribution in [0.2, 0.25) is 0 Å². The zero-order valence-corrected chi connectivity index (χ0v) is 13.0. The first-order valence-corrected chi connectivity index (χ1v) is 7.70. The quantitative estimate of drug-likeness (QED) is 0.712. The van der Waals surface area contributed by atoms with Crippen molar-refractivity contribution < 1.29 is 9.47 Å². The van der Waals surface area contributed by atoms with E-state index >= 15 is 0 Å². The van der Waals surface area contributed by atoms with Crippen LogP contribution < -0.4 is 10.1 Å². The van der Waals surface area contributed by atoms with Gasteiger partial charge in [-0.05, 0) is 36.2 Å². The van der Waals surface area contributed by atoms with Crippen LogP contribution in [0.5, 0.6) is 5.75 Å². The lowest BCUT2D eigenvalue weighted by molar-refractivity contribution is 0.194. The molecule has 2 rings (SSSR count). The maximum atomic E-state index is 5.91. The van der Waals surface area contributed by atoms with Crippen molar-refractivity contribution in [2.24, 2.45) is 0 Å². The number of methoxy groups -OCH3 is 1. The highest BCUT2D eigenvalue weighted by atomic mass is 16.5. The average Bonchev–Trinajstić information content (AvgIpc) is 2.53. The molecule has 0 unspecified atom stereocenters. The number of hydrogen-bond donors (Lipinski definition) is 1. The Morgan fingerprint density at radius 3 is 2.71 bits per heavy atom. The first-order chi connectivity index (χ1) is 10.4. The van der Waals surface area contributed by atoms with Gasteiger partial charge in [0.1, 0.15) is 5.75 Å². The molecule has 0 radical (unpaired) electrons. The summed E-state index contributed by atoms with van der Waals surface area (Å²) < 4.78 is 11.0. The molecule has 0 spiro atoms. The van der Waals surface area contributed by atoms with E-state index in [2.05, 4.69) is 48.6 Å². The van der Waals surface area contributed by atoms with Crippen molar-refractivity contribution in [2.75, 3.05) is 26.9 Å². The first kappa shape index (κ1) is 15.8. The van der Waals surface area contributed by atoms with Gasteiger partial charge in [0.25, 0.3) is 0 Å². The highest BCUT2D eigenvalue weighted by molar-refractivity contribution is 5.87. The van der Waals surface area contributed by atoms with Crippen molar-refractivity contribution >= 4 is 10.8 Å². The summed E-state index contributed by atoms with van der Waals surface area (Å²) >= 11 is 0. The Labute approximate surface area is 127 Å². The lowest BCUT2D eigenvalue weighted by Crippen LogP contribution is -2.17. The van der Waals surface area contributed by atoms with Gasteiger partial charge in [0.2, 0.25) is 0 Å². The van der Waals surface area contributed by atoms with Gasteiger partial charge in [0.05, 0.1) is 6.61 Å². The lowest BCUT2D eigenvalue weighted by atomic mass is 10.0. The minimum absolute atomic E-state index is 0.759. The van der Waals surface area contributed by atoms with E-state index < -0.39 is 0 Å². The molecule has 21 heavy (non-hydrogen) atoms. The molecule has 0 aliphatic rings. The first-order valence-electron chi connectivity index (χ1n) is 7.70. The van der Waals surface area contributed by atoms with E-state index in [9.17, 15) is 0 Å². The second-order valence-corrected chi connectivity index (χ2v) is 5.13. The molecule has 0 atom stereocenters. The molecule has 0 fully saturated rings. The fourth-order valence-electron chi connectivity index (χ4n) is 2.40. The van der Waals surface area contributed by atoms with Crippen molar-refractivity contribution in [1.29, 1.82) is 0 Å². The van der Waals surface area contributed by atoms with E-state index in [0.29, 0.717) is 0 Å². The number of nitrogens with one attached hydrogen (secondary N) is 1. The summed E-state index contributed by atoms with van der Waals surface area (Å²) in [7, 11) is 1.74. The minimum atomic E-state index is 0.759. The molecule has 3 nitrogen and oxygen atoms in total. The third-order valence-corrected chi connectivity index (χ3v) is 3.46. The fraction of sp³-hybridized carbons (Fsp3) is 0.444. The van der Waals surface area contributed by atoms with E-state index in [1.807, 2.05) is 0 Å². The third-order valence-electron chi connectivity index (χ3n) is 3.46. The summed E-state index contributed by atoms with van der Waals surface area (Å²) in [6, 6.07) is 12.7. The Bertz CT molecular complexity index is 554. The molecule has 0 heterocycles. The average molecular weight is 287 g/mol. The topological polar surface area (TPSA) is 30.5 Å². The molecule has 0 saturated carbocycles. The Morgan fingerprint density at radius 1 is 1.05 bits per heavy atom. The summed E-state index contributed by atoms with van der Waals surface area (Å²) in [6.45, 7) is 5.45. The molecule has 0 aliphatic carbocycles. The molecule has 0 aromatic heterocycles. The van der Waals surface area contributed by atoms with Gasteiger partial charge in [-0.25, -0.2) is 0 Å². The maximum Gasteiger partial charge on any atom is 0.124 e. The van der Waals surface area contributed by atoms with Crippen LogP contribution in [0.4, 0.5) is 0 Å². The molecule has 3 heteroatoms. The fourth-order valence-corrected chi connectivity index (χ4v) is 2.40. The molecule has 1 N–H and O–H groups in total. The molecule has 0 amide bonds. The van der Waals surface area contributed by atoms with Gasteiger partial charge >= 0.3 is 0 Å². The Kier molecular flexibility index (Phi) is 6.51. The highest BCUT2D eigenvalue weighted by Crippen LogP contribution is 2.28. The zero-order valence-electron chi connectivity index (χ0n) is 13.0. The normalized spacial score (nSPS) is 11.0. The van der Waals surface area contributed by atoms with Gasteiger partial charge in [-0.3, -0.25) is 0 Å². The zero-order chi connectivity index (χ0) is 14.9. The SMILES string of the molecule is CCCOc1ccc2ccccc2c1CNCCCOC. The van der Waals surface area contributed by atoms with E-state index in [-0.39, 0.29) is 0 Å². The van der Waals surface area contributed by atoms with Crippen LogP contribution in [0.15, 0.2) is 36.4 Å². The Hall–Kier alpha value is -1.58. The van der Waals surface area contributed by atoms with Gasteiger partial charge in [-0.15, -0.1) is 0 Å². The van der Waals surface area contributed by atoms with Crippen LogP contribution in [0.25, 0.3) is 10.8 Å². The third kappa shape index (κ3) is 4.45. The van der Waals surface area contributed by atoms with E-state index in [1.54, 1.807) is 7.11 Å². The van der Waals surface area contributed by atoms with Crippen LogP contribution >= 0.6 is 0 Å². The van der Waals surface area contributed by atoms with E-state index in [0.717, 1.165) is 44.9 Å². The number of hydrogen-bond acceptors (Lipinski definition) is 3. The molecule has 0 bridgehead atoms. The minimum Gasteiger partial charge on any atom is -0.493 e. The van der Waals surface area contributed by atoms with Gasteiger partial charge in [-0.1, -0.05) is 37.3 Å². The van der Waals surface area contributed by atoms with Crippen LogP contribution in [-0.2, 0) is 11.3 Å². The van der Waals surface area contributed by atoms with Gasteiger partial charge in [-0.2, -0.15) is 0 Å². The van der Waals surface area contributed by atoms with Gasteiger partial charge < -0.3 is 14.8 Å². The highest BCUT2D eigenvalue weighted by Gasteiger charge is 2.08. The molecule has 0 saturated heterocycles. The molecule has 0 aliphatic heterocycles. The Balaban J connectivity index is 2.15. The van der Waals surface area contributed by atoms with Crippen LogP contribution in [0, 0.1) is 0 Å². The van der Waals surface area contributed by atoms with Crippen LogP contribution in [0.3, 0.4) is 0 Å². The van der Waals surface area contributed by atoms with Gasteiger partial charge in [0.15, 0.2) is 0 Å². The molecule has 2 aromatic carbocycles. The molecule has 2 aromatic rings. The maximum absolute atomic E-state index is 5.91. The Morgan fingerprint density at radius 2 is 1.90 bits per heavy atom. The number of benzene rings is 2. The largest absolute Gasteiger partial charge is 0.493 e. The summed E-state index contributed by atoms with van der Waals surface area (Å²) in [6.07, 6.45) is 2.04. The van der Waals surface area contributed by atoms with Crippen LogP contribution in [-0.4, -0.2) is 26.9 Å². The molecular formula is C18H25NO2. The standard InChI is InChI=1S/C18H25NO2/c1-3-12-21-18-10-9-15-7-4-5-8-16(15)17(18)14-19-11-6-13-20-2/h4-5,7-10,19H,3,6,11-14H2,1-2H3. The van der Waals surface area contributed by atoms with Crippen molar-refractivity contribution in [2.45, 2.75) is 26.3 Å². The van der Waals surface area contributed by atoms with Crippen molar-refractivity contribution in [3.8, 4) is 5.75 Å². The predicted octanol–water partition coefficient (Wildman–Crippen LogP) is 3.75. The van der Waals surface area contributed by atoms with Crippen molar-refractivity contribution in [3.63, 3.8) is 0 Å². The van der Waals surface area contributed by atoms with Gasteiger partial charge in [0, 0.05) is 25.8 Å². The predicted molar refractivity (Wildman–Crippen MR) is 87.9 cm³/mol. The second kappa shape index (κ2) is 8.65. The molecule has 114 valence electrons.